The summed E-state index contributed by atoms with van der Waals surface area (Å²) in [5.41, 5.74) is 3.74. The summed E-state index contributed by atoms with van der Waals surface area (Å²) in [4.78, 5) is 37.8. The highest BCUT2D eigenvalue weighted by atomic mass is 32.1. The number of anilines is 2. The SMILES string of the molecule is C=CC=O.CC1CN(c2nc(=O)[nH]c3c(F)c(-c4ccc(F)c5sc(N)nc45)c(OC(F)(F)F)cc23)CCN1C.C[C@@]12CCCN1CC(F)C2. The van der Waals surface area contributed by atoms with Gasteiger partial charge in [0, 0.05) is 48.7 Å². The molecule has 3 atom stereocenters. The van der Waals surface area contributed by atoms with E-state index >= 15 is 4.39 Å². The molecule has 0 aliphatic carbocycles. The second kappa shape index (κ2) is 14.6. The second-order valence-electron chi connectivity index (χ2n) is 12.7. The molecule has 2 unspecified atom stereocenters. The average molecular weight is 726 g/mol. The maximum Gasteiger partial charge on any atom is 0.573 e. The topological polar surface area (TPSA) is 121 Å². The molecule has 0 saturated carbocycles. The van der Waals surface area contributed by atoms with Gasteiger partial charge in [-0.2, -0.15) is 4.98 Å². The van der Waals surface area contributed by atoms with Crippen LogP contribution in [0.25, 0.3) is 32.2 Å². The maximum absolute atomic E-state index is 16.1. The van der Waals surface area contributed by atoms with Crippen LogP contribution in [0.3, 0.4) is 0 Å². The Bertz CT molecular complexity index is 1950. The number of allylic oxidation sites excluding steroid dienone is 1. The number of aldehydes is 1. The van der Waals surface area contributed by atoms with Gasteiger partial charge < -0.3 is 25.3 Å². The highest BCUT2D eigenvalue weighted by molar-refractivity contribution is 7.22. The monoisotopic (exact) mass is 725 g/mol. The van der Waals surface area contributed by atoms with Gasteiger partial charge in [-0.1, -0.05) is 17.9 Å². The number of aromatic nitrogens is 3. The molecule has 4 aromatic rings. The van der Waals surface area contributed by atoms with E-state index in [1.807, 2.05) is 14.0 Å². The molecule has 7 rings (SSSR count). The molecule has 2 aromatic heterocycles. The number of aromatic amines is 1. The Hall–Kier alpha value is -4.22. The molecule has 0 bridgehead atoms. The molecular weight excluding hydrogens is 688 g/mol. The van der Waals surface area contributed by atoms with Crippen LogP contribution in [0, 0.1) is 11.6 Å². The molecule has 3 saturated heterocycles. The van der Waals surface area contributed by atoms with E-state index in [0.717, 1.165) is 42.5 Å². The molecule has 0 amide bonds. The first-order valence-electron chi connectivity index (χ1n) is 15.8. The summed E-state index contributed by atoms with van der Waals surface area (Å²) >= 11 is 0.768. The van der Waals surface area contributed by atoms with Gasteiger partial charge in [-0.05, 0) is 71.0 Å². The number of carbonyl (C=O) groups is 1. The van der Waals surface area contributed by atoms with Gasteiger partial charge in [0.2, 0.25) is 0 Å². The molecule has 3 fully saturated rings. The van der Waals surface area contributed by atoms with Crippen molar-refractivity contribution < 1.29 is 35.9 Å². The standard InChI is InChI=1S/C22H19F5N6O2S.C8H14FN.C3H4O/c1-9-8-33(6-5-32(9)2)19-11-7-13(35-22(25,26)27)14(15(24)16(11)30-21(34)31-19)10-3-4-12(23)18-17(10)29-20(28)36-18;1-8-3-2-4-10(8)6-7(9)5-8;1-2-3-4/h3-4,7,9H,5-6,8H2,1-2H3,(H2,28,29)(H,30,31,34);7H,2-6H2,1H3;2-3H,1H2/t;7?,8-;/m.0./s1. The highest BCUT2D eigenvalue weighted by Gasteiger charge is 2.44. The number of nitrogens with two attached hydrogens (primary N) is 1. The van der Waals surface area contributed by atoms with Crippen molar-refractivity contribution in [3.05, 3.63) is 53.0 Å². The third-order valence-corrected chi connectivity index (χ3v) is 10.2. The summed E-state index contributed by atoms with van der Waals surface area (Å²) in [6, 6.07) is 3.09. The van der Waals surface area contributed by atoms with Gasteiger partial charge in [0.1, 0.15) is 29.8 Å². The van der Waals surface area contributed by atoms with Crippen molar-refractivity contribution >= 4 is 49.7 Å². The number of ether oxygens (including phenoxy) is 1. The van der Waals surface area contributed by atoms with Gasteiger partial charge in [-0.3, -0.25) is 9.69 Å². The van der Waals surface area contributed by atoms with E-state index in [1.54, 1.807) is 4.90 Å². The average Bonchev–Trinajstić information content (AvgIpc) is 3.69. The van der Waals surface area contributed by atoms with Gasteiger partial charge in [0.25, 0.3) is 0 Å². The summed E-state index contributed by atoms with van der Waals surface area (Å²) in [5.74, 6) is -2.77. The summed E-state index contributed by atoms with van der Waals surface area (Å²) in [7, 11) is 1.92. The lowest BCUT2D eigenvalue weighted by Gasteiger charge is -2.38. The van der Waals surface area contributed by atoms with E-state index in [1.165, 1.54) is 18.9 Å². The van der Waals surface area contributed by atoms with Crippen LogP contribution in [0.2, 0.25) is 0 Å². The van der Waals surface area contributed by atoms with Crippen LogP contribution in [0.5, 0.6) is 5.75 Å². The Labute approximate surface area is 287 Å². The maximum atomic E-state index is 16.1. The van der Waals surface area contributed by atoms with Crippen molar-refractivity contribution in [3.8, 4) is 16.9 Å². The minimum atomic E-state index is -5.17. The molecular formula is C33H37F6N7O3S. The molecule has 17 heteroatoms. The Balaban J connectivity index is 0.000000288. The van der Waals surface area contributed by atoms with E-state index in [0.29, 0.717) is 32.5 Å². The van der Waals surface area contributed by atoms with Gasteiger partial charge in [-0.15, -0.1) is 13.2 Å². The fraction of sp³-hybridized carbons (Fsp3) is 0.455. The third kappa shape index (κ3) is 7.73. The second-order valence-corrected chi connectivity index (χ2v) is 13.8. The number of H-pyrrole nitrogens is 1. The smallest absolute Gasteiger partial charge is 0.405 e. The minimum absolute atomic E-state index is 0.0355. The van der Waals surface area contributed by atoms with Crippen LogP contribution >= 0.6 is 11.3 Å². The van der Waals surface area contributed by atoms with E-state index in [4.69, 9.17) is 10.5 Å². The zero-order valence-corrected chi connectivity index (χ0v) is 28.4. The Morgan fingerprint density at radius 2 is 1.90 bits per heavy atom. The number of halogens is 6. The fourth-order valence-electron chi connectivity index (χ4n) is 6.75. The van der Waals surface area contributed by atoms with Gasteiger partial charge in [0.05, 0.1) is 21.3 Å². The zero-order valence-electron chi connectivity index (χ0n) is 27.6. The first kappa shape index (κ1) is 37.0. The van der Waals surface area contributed by atoms with Crippen molar-refractivity contribution in [2.75, 3.05) is 50.4 Å². The number of piperazine rings is 1. The number of benzene rings is 2. The number of fused-ring (bicyclic) bond motifs is 3. The van der Waals surface area contributed by atoms with Crippen molar-refractivity contribution in [1.29, 1.82) is 0 Å². The number of rotatable bonds is 4. The summed E-state index contributed by atoms with van der Waals surface area (Å²) in [5, 5.41) is -0.122. The number of alkyl halides is 4. The van der Waals surface area contributed by atoms with Crippen molar-refractivity contribution in [2.24, 2.45) is 0 Å². The Kier molecular flexibility index (Phi) is 10.8. The number of thiazole rings is 1. The Morgan fingerprint density at radius 1 is 1.18 bits per heavy atom. The molecule has 5 heterocycles. The van der Waals surface area contributed by atoms with Crippen LogP contribution in [-0.4, -0.2) is 94.9 Å². The number of carbonyl (C=O) groups excluding carboxylic acids is 1. The molecule has 10 nitrogen and oxygen atoms in total. The quantitative estimate of drug-likeness (QED) is 0.147. The van der Waals surface area contributed by atoms with Crippen LogP contribution in [0.4, 0.5) is 37.3 Å². The van der Waals surface area contributed by atoms with Crippen LogP contribution in [-0.2, 0) is 4.79 Å². The van der Waals surface area contributed by atoms with Crippen molar-refractivity contribution in [3.63, 3.8) is 0 Å². The first-order chi connectivity index (χ1) is 23.5. The highest BCUT2D eigenvalue weighted by Crippen LogP contribution is 2.45. The van der Waals surface area contributed by atoms with E-state index in [2.05, 4.69) is 43.0 Å². The largest absolute Gasteiger partial charge is 0.573 e. The van der Waals surface area contributed by atoms with Gasteiger partial charge >= 0.3 is 12.1 Å². The molecule has 2 aromatic carbocycles. The third-order valence-electron chi connectivity index (χ3n) is 9.26. The van der Waals surface area contributed by atoms with Crippen molar-refractivity contribution in [1.82, 2.24) is 24.8 Å². The lowest BCUT2D eigenvalue weighted by Crippen LogP contribution is -2.50. The predicted molar refractivity (Wildman–Crippen MR) is 181 cm³/mol. The van der Waals surface area contributed by atoms with Gasteiger partial charge in [-0.25, -0.2) is 22.9 Å². The predicted octanol–water partition coefficient (Wildman–Crippen LogP) is 6.05. The number of nitrogens with zero attached hydrogens (tertiary/aromatic N) is 5. The normalized spacial score (nSPS) is 22.5. The molecule has 270 valence electrons. The number of nitrogens with one attached hydrogen (secondary N) is 1. The number of hydrogen-bond donors (Lipinski definition) is 2. The fourth-order valence-corrected chi connectivity index (χ4v) is 7.51. The Morgan fingerprint density at radius 3 is 2.54 bits per heavy atom. The van der Waals surface area contributed by atoms with Gasteiger partial charge in [0.15, 0.2) is 10.9 Å². The molecule has 3 N–H and O–H groups in total. The van der Waals surface area contributed by atoms with E-state index < -0.39 is 41.2 Å². The molecule has 3 aliphatic rings. The lowest BCUT2D eigenvalue weighted by molar-refractivity contribution is -0.274. The number of likely N-dealkylation sites (N-methyl/N-ethyl adjacent to an activating group) is 1. The van der Waals surface area contributed by atoms with Crippen molar-refractivity contribution in [2.45, 2.75) is 57.2 Å². The minimum Gasteiger partial charge on any atom is -0.405 e. The summed E-state index contributed by atoms with van der Waals surface area (Å²) in [6.45, 7) is 10.5. The number of hydrogen-bond acceptors (Lipinski definition) is 10. The van der Waals surface area contributed by atoms with Crippen LogP contribution < -0.4 is 21.1 Å². The van der Waals surface area contributed by atoms with E-state index in [9.17, 15) is 26.7 Å². The molecule has 0 spiro atoms. The number of nitrogen functional groups attached to an aromatic ring is 1. The lowest BCUT2D eigenvalue weighted by atomic mass is 9.97. The zero-order chi connectivity index (χ0) is 36.5. The molecule has 3 aliphatic heterocycles. The van der Waals surface area contributed by atoms with Crippen LogP contribution in [0.1, 0.15) is 33.1 Å². The molecule has 50 heavy (non-hydrogen) atoms. The summed E-state index contributed by atoms with van der Waals surface area (Å²) in [6.07, 6.45) is -0.651. The molecule has 0 radical (unpaired) electrons. The summed E-state index contributed by atoms with van der Waals surface area (Å²) < 4.78 is 87.7. The first-order valence-corrected chi connectivity index (χ1v) is 16.6. The van der Waals surface area contributed by atoms with Crippen LogP contribution in [0.15, 0.2) is 35.6 Å². The van der Waals surface area contributed by atoms with E-state index in [-0.39, 0.29) is 49.2 Å².